The number of hydrogen-bond acceptors (Lipinski definition) is 4. The van der Waals surface area contributed by atoms with E-state index in [-0.39, 0.29) is 11.7 Å². The summed E-state index contributed by atoms with van der Waals surface area (Å²) in [5.41, 5.74) is 1.63. The van der Waals surface area contributed by atoms with Gasteiger partial charge in [0.2, 0.25) is 0 Å². The molecule has 0 aliphatic heterocycles. The van der Waals surface area contributed by atoms with Crippen molar-refractivity contribution in [3.05, 3.63) is 35.9 Å². The number of nitrogens with zero attached hydrogens (tertiary/aromatic N) is 1. The van der Waals surface area contributed by atoms with E-state index in [9.17, 15) is 9.90 Å². The van der Waals surface area contributed by atoms with Gasteiger partial charge in [0.1, 0.15) is 17.2 Å². The molecule has 2 rings (SSSR count). The number of ether oxygens (including phenoxy) is 2. The Hall–Kier alpha value is -2.47. The SMILES string of the molecule is CCN(CC)C(=O)c1cccc(OC)c1-c1c(OC)ccc([Si](CC)(CC)CC)c1O. The number of hydrogen-bond donors (Lipinski definition) is 1. The quantitative estimate of drug-likeness (QED) is 0.508. The van der Waals surface area contributed by atoms with E-state index in [4.69, 9.17) is 9.47 Å². The average molecular weight is 444 g/mol. The lowest BCUT2D eigenvalue weighted by molar-refractivity contribution is 0.0773. The number of phenols is 1. The van der Waals surface area contributed by atoms with E-state index in [1.807, 2.05) is 38.1 Å². The van der Waals surface area contributed by atoms with Gasteiger partial charge in [-0.1, -0.05) is 51.0 Å². The highest BCUT2D eigenvalue weighted by molar-refractivity contribution is 6.92. The molecule has 6 heteroatoms. The molecule has 2 aromatic carbocycles. The van der Waals surface area contributed by atoms with Gasteiger partial charge in [0.15, 0.2) is 0 Å². The molecule has 0 saturated carbocycles. The molecule has 0 heterocycles. The molecule has 0 spiro atoms. The van der Waals surface area contributed by atoms with E-state index in [1.54, 1.807) is 25.2 Å². The molecule has 0 saturated heterocycles. The molecule has 0 aromatic heterocycles. The van der Waals surface area contributed by atoms with Crippen LogP contribution in [0.2, 0.25) is 18.1 Å². The van der Waals surface area contributed by atoms with Gasteiger partial charge in [-0.15, -0.1) is 0 Å². The molecule has 170 valence electrons. The minimum absolute atomic E-state index is 0.0873. The van der Waals surface area contributed by atoms with Crippen LogP contribution in [-0.4, -0.2) is 51.3 Å². The third-order valence-corrected chi connectivity index (χ3v) is 12.3. The third-order valence-electron chi connectivity index (χ3n) is 6.74. The van der Waals surface area contributed by atoms with Gasteiger partial charge in [-0.3, -0.25) is 4.79 Å². The molecule has 0 bridgehead atoms. The van der Waals surface area contributed by atoms with Crippen LogP contribution >= 0.6 is 0 Å². The maximum Gasteiger partial charge on any atom is 0.254 e. The molecule has 0 unspecified atom stereocenters. The number of benzene rings is 2. The Morgan fingerprint density at radius 1 is 0.871 bits per heavy atom. The van der Waals surface area contributed by atoms with Crippen LogP contribution in [0, 0.1) is 0 Å². The van der Waals surface area contributed by atoms with Crippen molar-refractivity contribution in [2.24, 2.45) is 0 Å². The zero-order valence-electron chi connectivity index (χ0n) is 20.0. The lowest BCUT2D eigenvalue weighted by Crippen LogP contribution is -2.46. The second-order valence-electron chi connectivity index (χ2n) is 7.74. The molecular weight excluding hydrogens is 406 g/mol. The molecule has 31 heavy (non-hydrogen) atoms. The van der Waals surface area contributed by atoms with Gasteiger partial charge >= 0.3 is 0 Å². The minimum atomic E-state index is -1.89. The summed E-state index contributed by atoms with van der Waals surface area (Å²) < 4.78 is 11.3. The lowest BCUT2D eigenvalue weighted by Gasteiger charge is -2.31. The highest BCUT2D eigenvalue weighted by Gasteiger charge is 2.35. The predicted octanol–water partition coefficient (Wildman–Crippen LogP) is 5.27. The van der Waals surface area contributed by atoms with Crippen LogP contribution in [0.5, 0.6) is 17.2 Å². The van der Waals surface area contributed by atoms with Crippen LogP contribution < -0.4 is 14.7 Å². The van der Waals surface area contributed by atoms with Crippen LogP contribution in [-0.2, 0) is 0 Å². The Morgan fingerprint density at radius 3 is 1.90 bits per heavy atom. The fourth-order valence-electron chi connectivity index (χ4n) is 4.55. The van der Waals surface area contributed by atoms with Crippen LogP contribution in [0.15, 0.2) is 30.3 Å². The number of amides is 1. The Kier molecular flexibility index (Phi) is 8.57. The van der Waals surface area contributed by atoms with Crippen molar-refractivity contribution in [3.63, 3.8) is 0 Å². The molecular formula is C25H37NO4Si. The molecule has 0 fully saturated rings. The number of carbonyl (C=O) groups is 1. The summed E-state index contributed by atoms with van der Waals surface area (Å²) in [5.74, 6) is 1.21. The Labute approximate surface area is 188 Å². The zero-order valence-corrected chi connectivity index (χ0v) is 21.0. The maximum absolute atomic E-state index is 13.4. The molecule has 0 aliphatic carbocycles. The van der Waals surface area contributed by atoms with Crippen molar-refractivity contribution in [2.75, 3.05) is 27.3 Å². The second-order valence-corrected chi connectivity index (χ2v) is 13.0. The summed E-state index contributed by atoms with van der Waals surface area (Å²) in [6.45, 7) is 11.8. The number of aromatic hydroxyl groups is 1. The van der Waals surface area contributed by atoms with Gasteiger partial charge in [0.25, 0.3) is 5.91 Å². The highest BCUT2D eigenvalue weighted by Crippen LogP contribution is 2.45. The van der Waals surface area contributed by atoms with Crippen molar-refractivity contribution in [1.29, 1.82) is 0 Å². The number of carbonyl (C=O) groups excluding carboxylic acids is 1. The van der Waals surface area contributed by atoms with Crippen LogP contribution in [0.25, 0.3) is 11.1 Å². The van der Waals surface area contributed by atoms with Crippen molar-refractivity contribution in [3.8, 4) is 28.4 Å². The fraction of sp³-hybridized carbons (Fsp3) is 0.480. The van der Waals surface area contributed by atoms with Crippen LogP contribution in [0.4, 0.5) is 0 Å². The predicted molar refractivity (Wildman–Crippen MR) is 131 cm³/mol. The summed E-state index contributed by atoms with van der Waals surface area (Å²) in [7, 11) is 1.28. The van der Waals surface area contributed by atoms with Gasteiger partial charge in [-0.05, 0) is 37.2 Å². The molecule has 1 N–H and O–H groups in total. The number of phenolic OH excluding ortho intramolecular Hbond substituents is 1. The van der Waals surface area contributed by atoms with Crippen molar-refractivity contribution in [1.82, 2.24) is 4.90 Å². The van der Waals surface area contributed by atoms with Gasteiger partial charge in [-0.25, -0.2) is 0 Å². The van der Waals surface area contributed by atoms with E-state index in [2.05, 4.69) is 20.8 Å². The first-order valence-electron chi connectivity index (χ1n) is 11.3. The van der Waals surface area contributed by atoms with E-state index >= 15 is 0 Å². The summed E-state index contributed by atoms with van der Waals surface area (Å²) in [5, 5.41) is 12.7. The minimum Gasteiger partial charge on any atom is -0.507 e. The molecule has 0 radical (unpaired) electrons. The molecule has 5 nitrogen and oxygen atoms in total. The lowest BCUT2D eigenvalue weighted by atomic mass is 9.95. The normalized spacial score (nSPS) is 11.3. The number of methoxy groups -OCH3 is 2. The molecule has 0 atom stereocenters. The van der Waals surface area contributed by atoms with Crippen LogP contribution in [0.1, 0.15) is 45.0 Å². The summed E-state index contributed by atoms with van der Waals surface area (Å²) in [6.07, 6.45) is 0. The van der Waals surface area contributed by atoms with Gasteiger partial charge in [-0.2, -0.15) is 0 Å². The third kappa shape index (κ3) is 4.44. The first-order valence-corrected chi connectivity index (χ1v) is 13.9. The van der Waals surface area contributed by atoms with E-state index in [1.165, 1.54) is 0 Å². The van der Waals surface area contributed by atoms with E-state index in [0.717, 1.165) is 23.3 Å². The topological polar surface area (TPSA) is 59.0 Å². The first kappa shape index (κ1) is 24.8. The average Bonchev–Trinajstić information content (AvgIpc) is 2.81. The molecule has 1 amide bonds. The fourth-order valence-corrected chi connectivity index (χ4v) is 8.26. The van der Waals surface area contributed by atoms with Crippen molar-refractivity contribution < 1.29 is 19.4 Å². The summed E-state index contributed by atoms with van der Waals surface area (Å²) in [6, 6.07) is 12.5. The van der Waals surface area contributed by atoms with E-state index < -0.39 is 8.07 Å². The highest BCUT2D eigenvalue weighted by atomic mass is 28.3. The second kappa shape index (κ2) is 10.7. The van der Waals surface area contributed by atoms with E-state index in [0.29, 0.717) is 41.3 Å². The smallest absolute Gasteiger partial charge is 0.254 e. The number of rotatable bonds is 10. The van der Waals surface area contributed by atoms with Crippen molar-refractivity contribution >= 4 is 19.2 Å². The maximum atomic E-state index is 13.4. The zero-order chi connectivity index (χ0) is 23.2. The Balaban J connectivity index is 2.93. The monoisotopic (exact) mass is 443 g/mol. The Bertz CT molecular complexity index is 896. The first-order chi connectivity index (χ1) is 14.9. The summed E-state index contributed by atoms with van der Waals surface area (Å²) >= 11 is 0. The standard InChI is InChI=1S/C25H37NO4Si/c1-8-26(9-2)25(28)18-14-13-15-19(29-6)22(18)23-20(30-7)16-17-21(24(23)27)31(10-3,11-4)12-5/h13-17,27H,8-12H2,1-7H3. The Morgan fingerprint density at radius 2 is 1.42 bits per heavy atom. The van der Waals surface area contributed by atoms with Gasteiger partial charge in [0, 0.05) is 18.7 Å². The van der Waals surface area contributed by atoms with Gasteiger partial charge in [0.05, 0.1) is 33.4 Å². The van der Waals surface area contributed by atoms with Crippen LogP contribution in [0.3, 0.4) is 0 Å². The van der Waals surface area contributed by atoms with Crippen molar-refractivity contribution in [2.45, 2.75) is 52.8 Å². The van der Waals surface area contributed by atoms with Gasteiger partial charge < -0.3 is 19.5 Å². The molecule has 2 aromatic rings. The molecule has 0 aliphatic rings. The summed E-state index contributed by atoms with van der Waals surface area (Å²) in [4.78, 5) is 15.2. The largest absolute Gasteiger partial charge is 0.507 e.